The highest BCUT2D eigenvalue weighted by Gasteiger charge is 2.34. The fraction of sp³-hybridized carbons (Fsp3) is 0.316. The van der Waals surface area contributed by atoms with Crippen LogP contribution in [-0.4, -0.2) is 44.0 Å². The Hall–Kier alpha value is -1.20. The monoisotopic (exact) mass is 535 g/mol. The van der Waals surface area contributed by atoms with Gasteiger partial charge in [-0.15, -0.1) is 0 Å². The minimum atomic E-state index is -3.88. The third kappa shape index (κ3) is 4.85. The van der Waals surface area contributed by atoms with Crippen molar-refractivity contribution in [2.75, 3.05) is 13.1 Å². The zero-order valence-corrected chi connectivity index (χ0v) is 19.0. The van der Waals surface area contributed by atoms with Crippen molar-refractivity contribution in [3.05, 3.63) is 56.6 Å². The highest BCUT2D eigenvalue weighted by Crippen LogP contribution is 2.28. The number of benzene rings is 2. The second-order valence-electron chi connectivity index (χ2n) is 6.57. The van der Waals surface area contributed by atoms with Gasteiger partial charge in [0.1, 0.15) is 10.6 Å². The minimum Gasteiger partial charge on any atom is -0.423 e. The smallest absolute Gasteiger partial charge is 0.343 e. The molecule has 9 heteroatoms. The third-order valence-corrected chi connectivity index (χ3v) is 7.23. The number of nitrogens with zero attached hydrogens (tertiary/aromatic N) is 1. The predicted octanol–water partition coefficient (Wildman–Crippen LogP) is 3.96. The maximum absolute atomic E-state index is 13.1. The van der Waals surface area contributed by atoms with Crippen LogP contribution in [0.2, 0.25) is 5.02 Å². The average molecular weight is 536 g/mol. The van der Waals surface area contributed by atoms with Gasteiger partial charge in [0, 0.05) is 16.7 Å². The normalized spacial score (nSPS) is 20.7. The molecule has 1 aliphatic heterocycles. The van der Waals surface area contributed by atoms with Crippen molar-refractivity contribution in [1.29, 1.82) is 0 Å². The molecule has 0 bridgehead atoms. The van der Waals surface area contributed by atoms with Gasteiger partial charge in [0.25, 0.3) is 0 Å². The van der Waals surface area contributed by atoms with Gasteiger partial charge < -0.3 is 9.47 Å². The number of hydrogen-bond donors (Lipinski definition) is 0. The summed E-state index contributed by atoms with van der Waals surface area (Å²) in [5, 5.41) is 0.0533. The molecule has 0 N–H and O–H groups in total. The van der Waals surface area contributed by atoms with Crippen LogP contribution in [0.25, 0.3) is 0 Å². The molecule has 2 aromatic rings. The Balaban J connectivity index is 1.88. The topological polar surface area (TPSA) is 72.9 Å². The van der Waals surface area contributed by atoms with E-state index < -0.39 is 16.0 Å². The highest BCUT2D eigenvalue weighted by atomic mass is 127. The zero-order valence-electron chi connectivity index (χ0n) is 15.3. The number of hydrogen-bond acceptors (Lipinski definition) is 5. The highest BCUT2D eigenvalue weighted by molar-refractivity contribution is 14.1. The number of sulfonamides is 1. The summed E-state index contributed by atoms with van der Waals surface area (Å²) in [7, 11) is -3.88. The van der Waals surface area contributed by atoms with E-state index in [4.69, 9.17) is 21.1 Å². The van der Waals surface area contributed by atoms with Gasteiger partial charge in [0.2, 0.25) is 10.0 Å². The maximum Gasteiger partial charge on any atom is 0.343 e. The molecule has 1 saturated heterocycles. The maximum atomic E-state index is 13.1. The van der Waals surface area contributed by atoms with Crippen LogP contribution in [0.4, 0.5) is 0 Å². The van der Waals surface area contributed by atoms with Gasteiger partial charge in [-0.2, -0.15) is 4.31 Å². The molecule has 28 heavy (non-hydrogen) atoms. The van der Waals surface area contributed by atoms with Crippen molar-refractivity contribution in [3.63, 3.8) is 0 Å². The van der Waals surface area contributed by atoms with Gasteiger partial charge in [0.15, 0.2) is 0 Å². The standard InChI is InChI=1S/C19H19ClINO5S/c1-12-10-22(11-13(2)26-12)28(24,25)18-9-14(3-8-17(18)20)19(23)27-16-6-4-15(21)5-7-16/h3-9,12-13H,10-11H2,1-2H3. The summed E-state index contributed by atoms with van der Waals surface area (Å²) in [5.41, 5.74) is 0.107. The van der Waals surface area contributed by atoms with Gasteiger partial charge in [-0.3, -0.25) is 0 Å². The number of halogens is 2. The van der Waals surface area contributed by atoms with Gasteiger partial charge in [-0.05, 0) is 78.9 Å². The lowest BCUT2D eigenvalue weighted by Gasteiger charge is -2.34. The molecular weight excluding hydrogens is 517 g/mol. The summed E-state index contributed by atoms with van der Waals surface area (Å²) >= 11 is 8.31. The fourth-order valence-electron chi connectivity index (χ4n) is 2.96. The lowest BCUT2D eigenvalue weighted by molar-refractivity contribution is -0.0440. The van der Waals surface area contributed by atoms with Gasteiger partial charge >= 0.3 is 5.97 Å². The van der Waals surface area contributed by atoms with Gasteiger partial charge in [-0.1, -0.05) is 11.6 Å². The number of ether oxygens (including phenoxy) is 2. The molecule has 0 radical (unpaired) electrons. The summed E-state index contributed by atoms with van der Waals surface area (Å²) in [6, 6.07) is 11.1. The minimum absolute atomic E-state index is 0.0533. The van der Waals surface area contributed by atoms with Crippen LogP contribution in [0.3, 0.4) is 0 Å². The molecule has 1 aliphatic rings. The molecule has 0 aliphatic carbocycles. The Labute approximate surface area is 183 Å². The van der Waals surface area contributed by atoms with Crippen molar-refractivity contribution in [2.45, 2.75) is 31.0 Å². The van der Waals surface area contributed by atoms with Crippen LogP contribution in [-0.2, 0) is 14.8 Å². The number of rotatable bonds is 4. The van der Waals surface area contributed by atoms with Crippen LogP contribution < -0.4 is 4.74 Å². The van der Waals surface area contributed by atoms with E-state index in [1.54, 1.807) is 12.1 Å². The molecule has 0 amide bonds. The Morgan fingerprint density at radius 3 is 2.36 bits per heavy atom. The zero-order chi connectivity index (χ0) is 20.5. The van der Waals surface area contributed by atoms with Crippen LogP contribution in [0.5, 0.6) is 5.75 Å². The SMILES string of the molecule is CC1CN(S(=O)(=O)c2cc(C(=O)Oc3ccc(I)cc3)ccc2Cl)CC(C)O1. The summed E-state index contributed by atoms with van der Waals surface area (Å²) in [5.74, 6) is -0.279. The first-order valence-electron chi connectivity index (χ1n) is 8.59. The number of carbonyl (C=O) groups excluding carboxylic acids is 1. The molecule has 1 fully saturated rings. The predicted molar refractivity (Wildman–Crippen MR) is 114 cm³/mol. The molecule has 2 unspecified atom stereocenters. The van der Waals surface area contributed by atoms with Crippen molar-refractivity contribution in [2.24, 2.45) is 0 Å². The molecule has 0 aromatic heterocycles. The first kappa shape index (κ1) is 21.5. The second kappa shape index (κ2) is 8.66. The quantitative estimate of drug-likeness (QED) is 0.337. The van der Waals surface area contributed by atoms with Crippen LogP contribution in [0, 0.1) is 3.57 Å². The van der Waals surface area contributed by atoms with E-state index in [2.05, 4.69) is 22.6 Å². The van der Waals surface area contributed by atoms with E-state index in [-0.39, 0.29) is 40.8 Å². The van der Waals surface area contributed by atoms with Crippen LogP contribution >= 0.6 is 34.2 Å². The van der Waals surface area contributed by atoms with E-state index >= 15 is 0 Å². The van der Waals surface area contributed by atoms with E-state index in [0.29, 0.717) is 5.75 Å². The Kier molecular flexibility index (Phi) is 6.65. The van der Waals surface area contributed by atoms with E-state index in [1.807, 2.05) is 26.0 Å². The molecule has 0 saturated carbocycles. The largest absolute Gasteiger partial charge is 0.423 e. The summed E-state index contributed by atoms with van der Waals surface area (Å²) < 4.78 is 39.5. The number of esters is 1. The van der Waals surface area contributed by atoms with Gasteiger partial charge in [0.05, 0.1) is 22.8 Å². The number of carbonyl (C=O) groups is 1. The number of morpholine rings is 1. The molecule has 1 heterocycles. The van der Waals surface area contributed by atoms with Crippen LogP contribution in [0.1, 0.15) is 24.2 Å². The molecule has 0 spiro atoms. The average Bonchev–Trinajstić information content (AvgIpc) is 2.63. The van der Waals surface area contributed by atoms with Crippen LogP contribution in [0.15, 0.2) is 47.4 Å². The molecule has 3 rings (SSSR count). The molecule has 2 aromatic carbocycles. The Morgan fingerprint density at radius 2 is 1.75 bits per heavy atom. The molecular formula is C19H19ClINO5S. The first-order valence-corrected chi connectivity index (χ1v) is 11.5. The van der Waals surface area contributed by atoms with Crippen molar-refractivity contribution < 1.29 is 22.7 Å². The van der Waals surface area contributed by atoms with E-state index in [9.17, 15) is 13.2 Å². The van der Waals surface area contributed by atoms with Gasteiger partial charge in [-0.25, -0.2) is 13.2 Å². The molecule has 150 valence electrons. The molecule has 6 nitrogen and oxygen atoms in total. The van der Waals surface area contributed by atoms with Crippen molar-refractivity contribution >= 4 is 50.2 Å². The third-order valence-electron chi connectivity index (χ3n) is 4.20. The lowest BCUT2D eigenvalue weighted by atomic mass is 10.2. The summed E-state index contributed by atoms with van der Waals surface area (Å²) in [4.78, 5) is 12.4. The van der Waals surface area contributed by atoms with E-state index in [1.165, 1.54) is 22.5 Å². The van der Waals surface area contributed by atoms with Crippen molar-refractivity contribution in [3.8, 4) is 5.75 Å². The second-order valence-corrected chi connectivity index (χ2v) is 10.1. The van der Waals surface area contributed by atoms with Crippen molar-refractivity contribution in [1.82, 2.24) is 4.31 Å². The lowest BCUT2D eigenvalue weighted by Crippen LogP contribution is -2.48. The Morgan fingerprint density at radius 1 is 1.14 bits per heavy atom. The summed E-state index contributed by atoms with van der Waals surface area (Å²) in [6.45, 7) is 4.07. The first-order chi connectivity index (χ1) is 13.2. The molecule has 2 atom stereocenters. The summed E-state index contributed by atoms with van der Waals surface area (Å²) in [6.07, 6.45) is -0.461. The van der Waals surface area contributed by atoms with E-state index in [0.717, 1.165) is 3.57 Å². The fourth-order valence-corrected chi connectivity index (χ4v) is 5.41. The Bertz CT molecular complexity index is 970.